The number of halogens is 4. The van der Waals surface area contributed by atoms with Crippen LogP contribution in [0.3, 0.4) is 0 Å². The van der Waals surface area contributed by atoms with Gasteiger partial charge >= 0.3 is 18.1 Å². The van der Waals surface area contributed by atoms with Crippen molar-refractivity contribution >= 4 is 27.9 Å². The largest absolute Gasteiger partial charge is 0.494 e. The molecule has 0 aliphatic rings. The van der Waals surface area contributed by atoms with Crippen LogP contribution in [0.1, 0.15) is 30.4 Å². The van der Waals surface area contributed by atoms with Gasteiger partial charge in [0.15, 0.2) is 0 Å². The van der Waals surface area contributed by atoms with Crippen molar-refractivity contribution in [2.75, 3.05) is 19.7 Å². The number of hydrogen-bond acceptors (Lipinski definition) is 5. The first-order chi connectivity index (χ1) is 15.2. The fourth-order valence-corrected chi connectivity index (χ4v) is 3.30. The van der Waals surface area contributed by atoms with Crippen molar-refractivity contribution in [2.24, 2.45) is 0 Å². The third-order valence-corrected chi connectivity index (χ3v) is 4.95. The molecule has 174 valence electrons. The lowest BCUT2D eigenvalue weighted by Crippen LogP contribution is -2.29. The molecule has 0 saturated heterocycles. The van der Waals surface area contributed by atoms with Crippen LogP contribution in [-0.4, -0.2) is 37.8 Å². The highest BCUT2D eigenvalue weighted by molar-refractivity contribution is 9.10. The van der Waals surface area contributed by atoms with Crippen LogP contribution in [0.25, 0.3) is 0 Å². The molecule has 5 nitrogen and oxygen atoms in total. The summed E-state index contributed by atoms with van der Waals surface area (Å²) in [6.45, 7) is 1.35. The normalized spacial score (nSPS) is 11.2. The molecule has 0 aromatic heterocycles. The van der Waals surface area contributed by atoms with Gasteiger partial charge in [-0.25, -0.2) is 4.79 Å². The molecular weight excluding hydrogens is 491 g/mol. The van der Waals surface area contributed by atoms with E-state index in [0.29, 0.717) is 13.2 Å². The van der Waals surface area contributed by atoms with Crippen molar-refractivity contribution in [3.63, 3.8) is 0 Å². The molecular formula is C23H25BrF3NO4. The van der Waals surface area contributed by atoms with Gasteiger partial charge in [0.25, 0.3) is 0 Å². The molecule has 0 amide bonds. The summed E-state index contributed by atoms with van der Waals surface area (Å²) in [5.41, 5.74) is 2.39. The molecule has 0 radical (unpaired) electrons. The summed E-state index contributed by atoms with van der Waals surface area (Å²) in [4.78, 5) is 21.7. The molecule has 0 atom stereocenters. The molecule has 2 aromatic carbocycles. The molecule has 2 aromatic rings. The minimum Gasteiger partial charge on any atom is -0.494 e. The van der Waals surface area contributed by atoms with Crippen LogP contribution in [0, 0.1) is 0 Å². The van der Waals surface area contributed by atoms with Gasteiger partial charge in [-0.3, -0.25) is 4.79 Å². The molecule has 0 bridgehead atoms. The Kier molecular flexibility index (Phi) is 10.7. The summed E-state index contributed by atoms with van der Waals surface area (Å²) in [6, 6.07) is 16.0. The molecule has 9 heteroatoms. The number of carbonyl (C=O) groups is 2. The molecule has 1 N–H and O–H groups in total. The van der Waals surface area contributed by atoms with Gasteiger partial charge in [0.1, 0.15) is 5.75 Å². The average molecular weight is 516 g/mol. The molecule has 0 fully saturated rings. The minimum atomic E-state index is -5.16. The zero-order valence-corrected chi connectivity index (χ0v) is 19.0. The second kappa shape index (κ2) is 13.2. The molecule has 0 heterocycles. The fraction of sp³-hybridized carbons (Fsp3) is 0.391. The number of alkyl halides is 3. The van der Waals surface area contributed by atoms with E-state index in [1.807, 2.05) is 36.4 Å². The van der Waals surface area contributed by atoms with Crippen LogP contribution < -0.4 is 10.1 Å². The number of esters is 2. The molecule has 32 heavy (non-hydrogen) atoms. The Morgan fingerprint density at radius 3 is 2.34 bits per heavy atom. The van der Waals surface area contributed by atoms with Crippen molar-refractivity contribution < 1.29 is 32.2 Å². The van der Waals surface area contributed by atoms with Crippen molar-refractivity contribution in [1.29, 1.82) is 0 Å². The first kappa shape index (κ1) is 25.9. The van der Waals surface area contributed by atoms with Crippen LogP contribution in [0.15, 0.2) is 53.0 Å². The zero-order valence-electron chi connectivity index (χ0n) is 17.4. The third-order valence-electron chi connectivity index (χ3n) is 4.45. The van der Waals surface area contributed by atoms with Crippen LogP contribution >= 0.6 is 15.9 Å². The van der Waals surface area contributed by atoms with Crippen molar-refractivity contribution in [3.05, 3.63) is 64.1 Å². The Balaban J connectivity index is 1.54. The number of hydrogen-bond donors (Lipinski definition) is 1. The first-order valence-electron chi connectivity index (χ1n) is 10.2. The summed E-state index contributed by atoms with van der Waals surface area (Å²) in [5, 5.41) is 2.94. The van der Waals surface area contributed by atoms with E-state index in [4.69, 9.17) is 4.74 Å². The predicted octanol–water partition coefficient (Wildman–Crippen LogP) is 5.01. The summed E-state index contributed by atoms with van der Waals surface area (Å²) in [7, 11) is 0. The van der Waals surface area contributed by atoms with Gasteiger partial charge in [-0.1, -0.05) is 40.2 Å². The smallest absolute Gasteiger partial charge is 0.491 e. The van der Waals surface area contributed by atoms with Crippen LogP contribution in [0.4, 0.5) is 13.2 Å². The van der Waals surface area contributed by atoms with E-state index in [0.717, 1.165) is 41.5 Å². The lowest BCUT2D eigenvalue weighted by Gasteiger charge is -2.08. The third kappa shape index (κ3) is 10.3. The second-order valence-corrected chi connectivity index (χ2v) is 8.00. The second-order valence-electron chi connectivity index (χ2n) is 7.09. The number of carbonyl (C=O) groups excluding carboxylic acids is 2. The van der Waals surface area contributed by atoms with E-state index in [1.165, 1.54) is 5.56 Å². The van der Waals surface area contributed by atoms with E-state index < -0.39 is 18.1 Å². The van der Waals surface area contributed by atoms with Gasteiger partial charge in [-0.15, -0.1) is 0 Å². The summed E-state index contributed by atoms with van der Waals surface area (Å²) in [5.74, 6) is -2.88. The molecule has 0 aliphatic heterocycles. The quantitative estimate of drug-likeness (QED) is 0.244. The van der Waals surface area contributed by atoms with Gasteiger partial charge in [0, 0.05) is 11.0 Å². The van der Waals surface area contributed by atoms with E-state index >= 15 is 0 Å². The van der Waals surface area contributed by atoms with Crippen LogP contribution in [0.5, 0.6) is 5.75 Å². The first-order valence-corrected chi connectivity index (χ1v) is 11.0. The molecule has 2 rings (SSSR count). The number of nitrogens with one attached hydrogen (secondary N) is 1. The van der Waals surface area contributed by atoms with E-state index in [1.54, 1.807) is 0 Å². The maximum atomic E-state index is 12.0. The van der Waals surface area contributed by atoms with Crippen molar-refractivity contribution in [3.8, 4) is 5.75 Å². The Morgan fingerprint density at radius 2 is 1.66 bits per heavy atom. The van der Waals surface area contributed by atoms with Gasteiger partial charge in [-0.2, -0.15) is 13.2 Å². The Labute approximate surface area is 193 Å². The van der Waals surface area contributed by atoms with Crippen LogP contribution in [0.2, 0.25) is 0 Å². The fourth-order valence-electron chi connectivity index (χ4n) is 2.86. The topological polar surface area (TPSA) is 64.6 Å². The number of rotatable bonds is 12. The van der Waals surface area contributed by atoms with E-state index in [2.05, 4.69) is 38.1 Å². The molecule has 0 unspecified atom stereocenters. The highest BCUT2D eigenvalue weighted by atomic mass is 79.9. The Bertz CT molecular complexity index is 872. The number of aryl methyl sites for hydroxylation is 2. The Hall–Kier alpha value is -2.39. The monoisotopic (exact) mass is 515 g/mol. The minimum absolute atomic E-state index is 0.136. The van der Waals surface area contributed by atoms with E-state index in [-0.39, 0.29) is 13.0 Å². The van der Waals surface area contributed by atoms with Gasteiger partial charge in [-0.05, 0) is 67.6 Å². The molecule has 0 aliphatic carbocycles. The van der Waals surface area contributed by atoms with Gasteiger partial charge in [0.05, 0.1) is 13.0 Å². The van der Waals surface area contributed by atoms with Crippen molar-refractivity contribution in [1.82, 2.24) is 5.32 Å². The summed E-state index contributed by atoms with van der Waals surface area (Å²) < 4.78 is 46.5. The molecule has 0 spiro atoms. The zero-order chi connectivity index (χ0) is 23.4. The Morgan fingerprint density at radius 1 is 0.938 bits per heavy atom. The highest BCUT2D eigenvalue weighted by Gasteiger charge is 2.42. The highest BCUT2D eigenvalue weighted by Crippen LogP contribution is 2.17. The standard InChI is InChI=1S/C23H25BrF3NO4/c24-19-7-1-4-18(16-19)6-3-15-31-20-10-8-17(9-11-20)5-2-13-28-14-12-21(29)32-22(30)23(25,26)27/h1,4,7-11,16,28H,2-3,5-6,12-15H2. The van der Waals surface area contributed by atoms with Gasteiger partial charge in [0.2, 0.25) is 0 Å². The average Bonchev–Trinajstić information content (AvgIpc) is 2.74. The summed E-state index contributed by atoms with van der Waals surface area (Å²) in [6.07, 6.45) is -2.03. The molecule has 0 saturated carbocycles. The number of ether oxygens (including phenoxy) is 2. The summed E-state index contributed by atoms with van der Waals surface area (Å²) >= 11 is 3.46. The predicted molar refractivity (Wildman–Crippen MR) is 117 cm³/mol. The lowest BCUT2D eigenvalue weighted by molar-refractivity contribution is -0.201. The number of benzene rings is 2. The van der Waals surface area contributed by atoms with Crippen molar-refractivity contribution in [2.45, 2.75) is 38.3 Å². The van der Waals surface area contributed by atoms with E-state index in [9.17, 15) is 22.8 Å². The maximum absolute atomic E-state index is 12.0. The SMILES string of the molecule is O=C(CCNCCCc1ccc(OCCCc2cccc(Br)c2)cc1)OC(=O)C(F)(F)F. The maximum Gasteiger partial charge on any atom is 0.491 e. The lowest BCUT2D eigenvalue weighted by atomic mass is 10.1. The van der Waals surface area contributed by atoms with Crippen LogP contribution in [-0.2, 0) is 27.2 Å². The van der Waals surface area contributed by atoms with Gasteiger partial charge < -0.3 is 14.8 Å².